The van der Waals surface area contributed by atoms with Crippen molar-refractivity contribution in [3.05, 3.63) is 118 Å². The molecule has 0 spiro atoms. The lowest BCUT2D eigenvalue weighted by Gasteiger charge is -2.18. The van der Waals surface area contributed by atoms with E-state index in [1.807, 2.05) is 0 Å². The van der Waals surface area contributed by atoms with Crippen LogP contribution >= 0.6 is 0 Å². The molecule has 10 heteroatoms. The number of nitrogens with zero attached hydrogens (tertiary/aromatic N) is 1. The third-order valence-corrected chi connectivity index (χ3v) is 7.14. The van der Waals surface area contributed by atoms with Crippen LogP contribution in [-0.4, -0.2) is 25.1 Å². The van der Waals surface area contributed by atoms with Crippen LogP contribution in [-0.2, 0) is 22.6 Å². The number of nitrogens with one attached hydrogen (secondary N) is 1. The summed E-state index contributed by atoms with van der Waals surface area (Å²) >= 11 is 0. The fraction of sp³-hybridized carbons (Fsp3) is 0.143. The Kier molecular flexibility index (Phi) is 7.28. The number of aromatic nitrogens is 1. The van der Waals surface area contributed by atoms with Crippen molar-refractivity contribution in [2.45, 2.75) is 24.5 Å². The number of alkyl halides is 3. The van der Waals surface area contributed by atoms with Crippen molar-refractivity contribution >= 4 is 15.7 Å². The lowest BCUT2D eigenvalue weighted by Crippen LogP contribution is -2.33. The van der Waals surface area contributed by atoms with E-state index in [1.165, 1.54) is 30.3 Å². The molecule has 0 aliphatic heterocycles. The minimum atomic E-state index is -4.61. The predicted octanol–water partition coefficient (Wildman–Crippen LogP) is 5.17. The Balaban J connectivity index is 1.78. The Morgan fingerprint density at radius 1 is 0.921 bits per heavy atom. The number of carbonyl (C=O) groups is 1. The second-order valence-electron chi connectivity index (χ2n) is 8.71. The molecule has 0 bridgehead atoms. The van der Waals surface area contributed by atoms with E-state index in [4.69, 9.17) is 0 Å². The van der Waals surface area contributed by atoms with Gasteiger partial charge in [0.25, 0.3) is 11.5 Å². The molecule has 196 valence electrons. The van der Waals surface area contributed by atoms with Gasteiger partial charge < -0.3 is 5.32 Å². The number of sulfone groups is 1. The molecule has 0 saturated heterocycles. The van der Waals surface area contributed by atoms with E-state index in [0.29, 0.717) is 22.4 Å². The van der Waals surface area contributed by atoms with Gasteiger partial charge in [-0.2, -0.15) is 13.2 Å². The van der Waals surface area contributed by atoms with E-state index in [-0.39, 0.29) is 22.7 Å². The van der Waals surface area contributed by atoms with Crippen molar-refractivity contribution in [3.8, 4) is 16.8 Å². The van der Waals surface area contributed by atoms with E-state index in [2.05, 4.69) is 5.32 Å². The Hall–Kier alpha value is -4.18. The van der Waals surface area contributed by atoms with Gasteiger partial charge in [-0.25, -0.2) is 8.42 Å². The van der Waals surface area contributed by atoms with E-state index in [1.54, 1.807) is 49.4 Å². The summed E-state index contributed by atoms with van der Waals surface area (Å²) in [5, 5.41) is 2.65. The quantitative estimate of drug-likeness (QED) is 0.366. The third-order valence-electron chi connectivity index (χ3n) is 6.01. The van der Waals surface area contributed by atoms with Gasteiger partial charge in [0, 0.05) is 29.7 Å². The SMILES string of the molecule is Cc1c(-c2ccccc2)cc(C(=O)NCc2ccc(S(C)(=O)=O)cc2)c(=O)n1-c1cccc(C(F)(F)F)c1. The fourth-order valence-electron chi connectivity index (χ4n) is 4.04. The van der Waals surface area contributed by atoms with Crippen LogP contribution in [0.5, 0.6) is 0 Å². The van der Waals surface area contributed by atoms with Gasteiger partial charge in [0.2, 0.25) is 0 Å². The van der Waals surface area contributed by atoms with Gasteiger partial charge in [-0.15, -0.1) is 0 Å². The normalized spacial score (nSPS) is 11.8. The minimum Gasteiger partial charge on any atom is -0.348 e. The molecule has 0 aliphatic carbocycles. The maximum atomic E-state index is 13.5. The zero-order valence-electron chi connectivity index (χ0n) is 20.4. The first kappa shape index (κ1) is 26.9. The first-order chi connectivity index (χ1) is 17.9. The van der Waals surface area contributed by atoms with E-state index < -0.39 is 33.0 Å². The average molecular weight is 541 g/mol. The molecule has 38 heavy (non-hydrogen) atoms. The standard InChI is InChI=1S/C28H23F3N2O4S/c1-18-24(20-7-4-3-5-8-20)16-25(26(34)32-17-19-11-13-23(14-12-19)38(2,36)37)27(35)33(18)22-10-6-9-21(15-22)28(29,30)31/h3-16H,17H2,1-2H3,(H,32,34). The molecule has 0 fully saturated rings. The van der Waals surface area contributed by atoms with Crippen LogP contribution in [0.25, 0.3) is 16.8 Å². The second-order valence-corrected chi connectivity index (χ2v) is 10.7. The summed E-state index contributed by atoms with van der Waals surface area (Å²) in [5.41, 5.74) is 0.181. The molecule has 4 rings (SSSR count). The summed E-state index contributed by atoms with van der Waals surface area (Å²) in [6.45, 7) is 1.61. The van der Waals surface area contributed by atoms with Gasteiger partial charge in [-0.1, -0.05) is 48.5 Å². The molecule has 1 aromatic heterocycles. The van der Waals surface area contributed by atoms with Crippen LogP contribution in [0, 0.1) is 6.92 Å². The van der Waals surface area contributed by atoms with E-state index in [0.717, 1.165) is 23.0 Å². The molecule has 0 aliphatic rings. The summed E-state index contributed by atoms with van der Waals surface area (Å²) in [6, 6.07) is 20.6. The zero-order valence-corrected chi connectivity index (χ0v) is 21.2. The van der Waals surface area contributed by atoms with Crippen LogP contribution in [0.1, 0.15) is 27.2 Å². The number of pyridine rings is 1. The smallest absolute Gasteiger partial charge is 0.348 e. The highest BCUT2D eigenvalue weighted by molar-refractivity contribution is 7.90. The number of halogens is 3. The molecular formula is C28H23F3N2O4S. The van der Waals surface area contributed by atoms with Gasteiger partial charge >= 0.3 is 6.18 Å². The van der Waals surface area contributed by atoms with Crippen LogP contribution in [0.4, 0.5) is 13.2 Å². The minimum absolute atomic E-state index is 0.000417. The summed E-state index contributed by atoms with van der Waals surface area (Å²) < 4.78 is 64.6. The third kappa shape index (κ3) is 5.70. The zero-order chi connectivity index (χ0) is 27.7. The van der Waals surface area contributed by atoms with Crippen LogP contribution in [0.3, 0.4) is 0 Å². The second kappa shape index (κ2) is 10.3. The first-order valence-corrected chi connectivity index (χ1v) is 13.3. The maximum absolute atomic E-state index is 13.5. The summed E-state index contributed by atoms with van der Waals surface area (Å²) in [4.78, 5) is 26.8. The van der Waals surface area contributed by atoms with Crippen molar-refractivity contribution in [2.75, 3.05) is 6.26 Å². The molecule has 1 heterocycles. The van der Waals surface area contributed by atoms with Gasteiger partial charge in [0.05, 0.1) is 10.5 Å². The van der Waals surface area contributed by atoms with Crippen molar-refractivity contribution < 1.29 is 26.4 Å². The number of rotatable bonds is 6. The largest absolute Gasteiger partial charge is 0.416 e. The molecular weight excluding hydrogens is 517 g/mol. The molecule has 6 nitrogen and oxygen atoms in total. The van der Waals surface area contributed by atoms with Crippen molar-refractivity contribution in [1.29, 1.82) is 0 Å². The predicted molar refractivity (Wildman–Crippen MR) is 138 cm³/mol. The van der Waals surface area contributed by atoms with Crippen molar-refractivity contribution in [3.63, 3.8) is 0 Å². The highest BCUT2D eigenvalue weighted by Gasteiger charge is 2.31. The van der Waals surface area contributed by atoms with Gasteiger partial charge in [-0.05, 0) is 54.4 Å². The molecule has 0 saturated carbocycles. The number of hydrogen-bond acceptors (Lipinski definition) is 4. The highest BCUT2D eigenvalue weighted by Crippen LogP contribution is 2.31. The first-order valence-electron chi connectivity index (χ1n) is 11.4. The Morgan fingerprint density at radius 2 is 1.58 bits per heavy atom. The lowest BCUT2D eigenvalue weighted by molar-refractivity contribution is -0.137. The molecule has 0 radical (unpaired) electrons. The summed E-state index contributed by atoms with van der Waals surface area (Å²) in [5.74, 6) is -0.722. The lowest BCUT2D eigenvalue weighted by atomic mass is 10.0. The topological polar surface area (TPSA) is 85.2 Å². The Labute approximate surface area is 217 Å². The van der Waals surface area contributed by atoms with Crippen LogP contribution in [0.2, 0.25) is 0 Å². The van der Waals surface area contributed by atoms with E-state index >= 15 is 0 Å². The number of carbonyl (C=O) groups excluding carboxylic acids is 1. The summed E-state index contributed by atoms with van der Waals surface area (Å²) in [7, 11) is -3.38. The van der Waals surface area contributed by atoms with Crippen LogP contribution < -0.4 is 10.9 Å². The van der Waals surface area contributed by atoms with Gasteiger partial charge in [-0.3, -0.25) is 14.2 Å². The molecule has 4 aromatic rings. The molecule has 0 unspecified atom stereocenters. The number of hydrogen-bond donors (Lipinski definition) is 1. The molecule has 3 aromatic carbocycles. The van der Waals surface area contributed by atoms with Gasteiger partial charge in [0.15, 0.2) is 9.84 Å². The maximum Gasteiger partial charge on any atom is 0.416 e. The van der Waals surface area contributed by atoms with Crippen molar-refractivity contribution in [2.24, 2.45) is 0 Å². The van der Waals surface area contributed by atoms with Crippen molar-refractivity contribution in [1.82, 2.24) is 9.88 Å². The Bertz CT molecular complexity index is 1660. The highest BCUT2D eigenvalue weighted by atomic mass is 32.2. The van der Waals surface area contributed by atoms with Gasteiger partial charge in [0.1, 0.15) is 5.56 Å². The molecule has 0 atom stereocenters. The monoisotopic (exact) mass is 540 g/mol. The number of amides is 1. The average Bonchev–Trinajstić information content (AvgIpc) is 2.87. The van der Waals surface area contributed by atoms with Crippen LogP contribution in [0.15, 0.2) is 94.6 Å². The molecule has 1 amide bonds. The molecule has 1 N–H and O–H groups in total. The Morgan fingerprint density at radius 3 is 2.18 bits per heavy atom. The fourth-order valence-corrected chi connectivity index (χ4v) is 4.67. The van der Waals surface area contributed by atoms with E-state index in [9.17, 15) is 31.2 Å². The summed E-state index contributed by atoms with van der Waals surface area (Å²) in [6.07, 6.45) is -3.53. The number of benzene rings is 3.